The Labute approximate surface area is 143 Å². The Morgan fingerprint density at radius 2 is 1.84 bits per heavy atom. The summed E-state index contributed by atoms with van der Waals surface area (Å²) in [6.45, 7) is 2.75. The van der Waals surface area contributed by atoms with E-state index in [1.165, 1.54) is 13.1 Å². The van der Waals surface area contributed by atoms with E-state index in [0.29, 0.717) is 18.8 Å². The maximum atomic E-state index is 14.6. The third kappa shape index (κ3) is 2.85. The van der Waals surface area contributed by atoms with Gasteiger partial charge >= 0.3 is 5.97 Å². The number of carboxylic acid groups (broad SMARTS) is 1. The van der Waals surface area contributed by atoms with Crippen molar-refractivity contribution in [2.75, 3.05) is 50.2 Å². The fourth-order valence-corrected chi connectivity index (χ4v) is 3.21. The van der Waals surface area contributed by atoms with Crippen LogP contribution in [0.1, 0.15) is 10.4 Å². The third-order valence-electron chi connectivity index (χ3n) is 4.62. The minimum atomic E-state index is -1.67. The molecule has 2 aliphatic rings. The Balaban J connectivity index is 2.08. The fourth-order valence-electron chi connectivity index (χ4n) is 3.21. The zero-order valence-corrected chi connectivity index (χ0v) is 14.0. The number of fused-ring (bicyclic) bond motifs is 1. The second kappa shape index (κ2) is 6.41. The van der Waals surface area contributed by atoms with Gasteiger partial charge in [0.1, 0.15) is 5.82 Å². The van der Waals surface area contributed by atoms with Crippen molar-refractivity contribution in [2.45, 2.75) is 6.04 Å². The summed E-state index contributed by atoms with van der Waals surface area (Å²) in [6, 6.07) is 0.786. The van der Waals surface area contributed by atoms with E-state index in [4.69, 9.17) is 0 Å². The Kier molecular flexibility index (Phi) is 4.44. The predicted octanol–water partition coefficient (Wildman–Crippen LogP) is -0.263. The highest BCUT2D eigenvalue weighted by Crippen LogP contribution is 2.34. The lowest BCUT2D eigenvalue weighted by Crippen LogP contribution is -2.58. The summed E-state index contributed by atoms with van der Waals surface area (Å²) in [5.41, 5.74) is 2.98. The van der Waals surface area contributed by atoms with Crippen molar-refractivity contribution in [3.8, 4) is 0 Å². The summed E-state index contributed by atoms with van der Waals surface area (Å²) >= 11 is 0. The van der Waals surface area contributed by atoms with E-state index in [-0.39, 0.29) is 11.3 Å². The van der Waals surface area contributed by atoms with Crippen molar-refractivity contribution in [1.82, 2.24) is 10.3 Å². The molecule has 1 fully saturated rings. The second-order valence-corrected chi connectivity index (χ2v) is 6.14. The van der Waals surface area contributed by atoms with E-state index < -0.39 is 29.4 Å². The quantitative estimate of drug-likeness (QED) is 0.569. The standard InChI is InChI=1S/C16H19FN4O4/c1-18-21-11-8-12(20-5-3-19(2)4-6-20)10(17)7-9(11)14(22)15(23)13(21)16(24)25/h7-8,13,18H,3-6H2,1-2H3,(H,24,25). The van der Waals surface area contributed by atoms with Gasteiger partial charge in [0.2, 0.25) is 17.6 Å². The summed E-state index contributed by atoms with van der Waals surface area (Å²) in [5.74, 6) is -4.13. The predicted molar refractivity (Wildman–Crippen MR) is 88.4 cm³/mol. The number of likely N-dealkylation sites (N-methyl/N-ethyl adjacent to an activating group) is 1. The number of ketones is 2. The molecule has 2 aliphatic heterocycles. The molecule has 1 saturated heterocycles. The van der Waals surface area contributed by atoms with Crippen molar-refractivity contribution in [2.24, 2.45) is 0 Å². The number of nitrogens with one attached hydrogen (secondary N) is 1. The van der Waals surface area contributed by atoms with Gasteiger partial charge in [0.25, 0.3) is 0 Å². The van der Waals surface area contributed by atoms with Crippen LogP contribution in [-0.2, 0) is 9.59 Å². The number of halogens is 1. The van der Waals surface area contributed by atoms with Gasteiger partial charge in [-0.15, -0.1) is 0 Å². The zero-order chi connectivity index (χ0) is 18.3. The molecule has 25 heavy (non-hydrogen) atoms. The van der Waals surface area contributed by atoms with Crippen LogP contribution in [0.5, 0.6) is 0 Å². The number of carboxylic acids is 1. The van der Waals surface area contributed by atoms with Gasteiger partial charge in [-0.1, -0.05) is 0 Å². The van der Waals surface area contributed by atoms with E-state index in [9.17, 15) is 23.9 Å². The van der Waals surface area contributed by atoms with Gasteiger partial charge in [0.15, 0.2) is 0 Å². The number of carbonyl (C=O) groups excluding carboxylic acids is 2. The van der Waals surface area contributed by atoms with Gasteiger partial charge < -0.3 is 14.9 Å². The van der Waals surface area contributed by atoms with E-state index in [2.05, 4.69) is 10.3 Å². The first-order chi connectivity index (χ1) is 11.8. The number of carbonyl (C=O) groups is 3. The van der Waals surface area contributed by atoms with Crippen LogP contribution >= 0.6 is 0 Å². The van der Waals surface area contributed by atoms with E-state index >= 15 is 0 Å². The highest BCUT2D eigenvalue weighted by Gasteiger charge is 2.44. The van der Waals surface area contributed by atoms with Crippen molar-refractivity contribution in [3.63, 3.8) is 0 Å². The first kappa shape index (κ1) is 17.3. The summed E-state index contributed by atoms with van der Waals surface area (Å²) in [5, 5.41) is 10.4. The number of hydrogen-bond acceptors (Lipinski definition) is 7. The van der Waals surface area contributed by atoms with Crippen LogP contribution in [0.4, 0.5) is 15.8 Å². The summed E-state index contributed by atoms with van der Waals surface area (Å²) < 4.78 is 14.6. The minimum Gasteiger partial charge on any atom is -0.479 e. The van der Waals surface area contributed by atoms with Gasteiger partial charge in [0.05, 0.1) is 16.9 Å². The number of aliphatic carboxylic acids is 1. The Hall–Kier alpha value is -2.52. The minimum absolute atomic E-state index is 0.132. The lowest BCUT2D eigenvalue weighted by atomic mass is 9.93. The summed E-state index contributed by atoms with van der Waals surface area (Å²) in [6.07, 6.45) is 0. The summed E-state index contributed by atoms with van der Waals surface area (Å²) in [4.78, 5) is 39.7. The maximum Gasteiger partial charge on any atom is 0.336 e. The number of anilines is 2. The van der Waals surface area contributed by atoms with Crippen LogP contribution in [0.2, 0.25) is 0 Å². The lowest BCUT2D eigenvalue weighted by Gasteiger charge is -2.37. The molecule has 134 valence electrons. The van der Waals surface area contributed by atoms with Gasteiger partial charge in [-0.25, -0.2) is 14.6 Å². The molecule has 0 aromatic heterocycles. The number of rotatable bonds is 3. The molecule has 0 bridgehead atoms. The number of piperazine rings is 1. The molecule has 0 saturated carbocycles. The molecule has 0 radical (unpaired) electrons. The zero-order valence-electron chi connectivity index (χ0n) is 14.0. The fraction of sp³-hybridized carbons (Fsp3) is 0.438. The highest BCUT2D eigenvalue weighted by molar-refractivity contribution is 6.51. The van der Waals surface area contributed by atoms with E-state index in [1.807, 2.05) is 11.9 Å². The van der Waals surface area contributed by atoms with E-state index in [0.717, 1.165) is 24.2 Å². The monoisotopic (exact) mass is 350 g/mol. The SMILES string of the molecule is CNN1c2cc(N3CCN(C)CC3)c(F)cc2C(=O)C(=O)C1C(=O)O. The molecule has 0 spiro atoms. The summed E-state index contributed by atoms with van der Waals surface area (Å²) in [7, 11) is 3.42. The molecule has 8 nitrogen and oxygen atoms in total. The maximum absolute atomic E-state index is 14.6. The van der Waals surface area contributed by atoms with Gasteiger partial charge in [-0.3, -0.25) is 14.6 Å². The van der Waals surface area contributed by atoms with Crippen LogP contribution in [0.25, 0.3) is 0 Å². The molecule has 1 unspecified atom stereocenters. The molecule has 1 atom stereocenters. The van der Waals surface area contributed by atoms with Crippen molar-refractivity contribution >= 4 is 28.9 Å². The van der Waals surface area contributed by atoms with Gasteiger partial charge in [-0.05, 0) is 19.2 Å². The Morgan fingerprint density at radius 1 is 1.20 bits per heavy atom. The van der Waals surface area contributed by atoms with Crippen LogP contribution < -0.4 is 15.3 Å². The average Bonchev–Trinajstić information content (AvgIpc) is 2.58. The highest BCUT2D eigenvalue weighted by atomic mass is 19.1. The smallest absolute Gasteiger partial charge is 0.336 e. The molecule has 9 heteroatoms. The first-order valence-electron chi connectivity index (χ1n) is 7.90. The van der Waals surface area contributed by atoms with Gasteiger partial charge in [-0.2, -0.15) is 0 Å². The van der Waals surface area contributed by atoms with Crippen LogP contribution in [0.3, 0.4) is 0 Å². The van der Waals surface area contributed by atoms with Crippen molar-refractivity contribution < 1.29 is 23.9 Å². The molecule has 3 rings (SSSR count). The number of hydrazine groups is 1. The number of benzene rings is 1. The molecular weight excluding hydrogens is 331 g/mol. The molecule has 1 aromatic rings. The third-order valence-corrected chi connectivity index (χ3v) is 4.62. The van der Waals surface area contributed by atoms with Crippen molar-refractivity contribution in [1.29, 1.82) is 0 Å². The molecule has 1 aromatic carbocycles. The largest absolute Gasteiger partial charge is 0.479 e. The normalized spacial score (nSPS) is 21.5. The van der Waals surface area contributed by atoms with Crippen LogP contribution in [0.15, 0.2) is 12.1 Å². The Bertz CT molecular complexity index is 746. The number of nitrogens with zero attached hydrogens (tertiary/aromatic N) is 3. The molecule has 0 aliphatic carbocycles. The molecule has 2 heterocycles. The molecular formula is C16H19FN4O4. The number of Topliss-reactive ketones (excluding diaryl/α,β-unsaturated/α-hetero) is 2. The van der Waals surface area contributed by atoms with Crippen LogP contribution in [-0.4, -0.2) is 73.9 Å². The lowest BCUT2D eigenvalue weighted by molar-refractivity contribution is -0.141. The Morgan fingerprint density at radius 3 is 2.40 bits per heavy atom. The van der Waals surface area contributed by atoms with Gasteiger partial charge in [0, 0.05) is 33.2 Å². The first-order valence-corrected chi connectivity index (χ1v) is 7.90. The average molecular weight is 350 g/mol. The second-order valence-electron chi connectivity index (χ2n) is 6.14. The molecule has 0 amide bonds. The van der Waals surface area contributed by atoms with Crippen molar-refractivity contribution in [3.05, 3.63) is 23.5 Å². The van der Waals surface area contributed by atoms with E-state index in [1.54, 1.807) is 0 Å². The molecule has 2 N–H and O–H groups in total. The number of hydrogen-bond donors (Lipinski definition) is 2. The van der Waals surface area contributed by atoms with Crippen LogP contribution in [0, 0.1) is 5.82 Å². The topological polar surface area (TPSA) is 93.2 Å².